The highest BCUT2D eigenvalue weighted by molar-refractivity contribution is 5.30. The van der Waals surface area contributed by atoms with Crippen molar-refractivity contribution >= 4 is 0 Å². The van der Waals surface area contributed by atoms with Gasteiger partial charge in [0, 0.05) is 31.0 Å². The Morgan fingerprint density at radius 1 is 0.900 bits per heavy atom. The number of rotatable bonds is 10. The van der Waals surface area contributed by atoms with Crippen LogP contribution in [0.4, 0.5) is 0 Å². The molecule has 0 fully saturated rings. The largest absolute Gasteiger partial charge is 0.396 e. The molecule has 1 heterocycles. The Labute approximate surface area is 123 Å². The first kappa shape index (κ1) is 16.7. The van der Waals surface area contributed by atoms with Crippen LogP contribution in [0.25, 0.3) is 0 Å². The van der Waals surface area contributed by atoms with Crippen molar-refractivity contribution in [3.8, 4) is 11.8 Å². The van der Waals surface area contributed by atoms with E-state index in [4.69, 9.17) is 5.11 Å². The Hall–Kier alpha value is -1.33. The predicted octanol–water partition coefficient (Wildman–Crippen LogP) is 4.33. The molecule has 0 aliphatic heterocycles. The van der Waals surface area contributed by atoms with Gasteiger partial charge in [-0.2, -0.15) is 0 Å². The van der Waals surface area contributed by atoms with E-state index in [1.54, 1.807) is 6.20 Å². The Morgan fingerprint density at radius 3 is 2.15 bits per heavy atom. The van der Waals surface area contributed by atoms with Gasteiger partial charge in [0.25, 0.3) is 0 Å². The van der Waals surface area contributed by atoms with Crippen LogP contribution in [0.1, 0.15) is 69.8 Å². The number of pyridine rings is 1. The standard InChI is InChI=1S/C18H27NO/c20-16-11-9-7-5-3-1-2-4-6-8-10-13-18-14-12-15-19-17-18/h12,14-15,17,20H,1-9,11,16H2. The summed E-state index contributed by atoms with van der Waals surface area (Å²) in [7, 11) is 0. The second-order valence-electron chi connectivity index (χ2n) is 5.20. The molecule has 0 bridgehead atoms. The molecule has 2 nitrogen and oxygen atoms in total. The Balaban J connectivity index is 1.87. The van der Waals surface area contributed by atoms with Crippen LogP contribution in [-0.4, -0.2) is 16.7 Å². The average Bonchev–Trinajstić information content (AvgIpc) is 2.49. The van der Waals surface area contributed by atoms with E-state index in [1.165, 1.54) is 51.4 Å². The molecule has 0 amide bonds. The lowest BCUT2D eigenvalue weighted by Gasteiger charge is -2.00. The summed E-state index contributed by atoms with van der Waals surface area (Å²) in [6, 6.07) is 3.92. The number of hydrogen-bond donors (Lipinski definition) is 1. The molecule has 0 saturated heterocycles. The van der Waals surface area contributed by atoms with E-state index in [2.05, 4.69) is 16.8 Å². The summed E-state index contributed by atoms with van der Waals surface area (Å²) in [5.41, 5.74) is 1.01. The maximum absolute atomic E-state index is 8.67. The molecule has 0 spiro atoms. The molecular weight excluding hydrogens is 246 g/mol. The fraction of sp³-hybridized carbons (Fsp3) is 0.611. The second-order valence-corrected chi connectivity index (χ2v) is 5.20. The van der Waals surface area contributed by atoms with Gasteiger partial charge < -0.3 is 5.11 Å². The van der Waals surface area contributed by atoms with Gasteiger partial charge in [0.1, 0.15) is 0 Å². The van der Waals surface area contributed by atoms with E-state index in [0.29, 0.717) is 6.61 Å². The summed E-state index contributed by atoms with van der Waals surface area (Å²) in [5.74, 6) is 6.36. The van der Waals surface area contributed by atoms with Crippen molar-refractivity contribution < 1.29 is 5.11 Å². The van der Waals surface area contributed by atoms with E-state index in [-0.39, 0.29) is 0 Å². The van der Waals surface area contributed by atoms with Crippen molar-refractivity contribution in [1.82, 2.24) is 4.98 Å². The molecule has 0 atom stereocenters. The summed E-state index contributed by atoms with van der Waals surface area (Å²) in [5, 5.41) is 8.67. The summed E-state index contributed by atoms with van der Waals surface area (Å²) in [4.78, 5) is 4.04. The van der Waals surface area contributed by atoms with Gasteiger partial charge >= 0.3 is 0 Å². The molecule has 0 aliphatic rings. The zero-order chi connectivity index (χ0) is 14.3. The SMILES string of the molecule is OCCCCCCCCCCCC#Cc1cccnc1. The van der Waals surface area contributed by atoms with Gasteiger partial charge in [-0.25, -0.2) is 0 Å². The maximum atomic E-state index is 8.67. The molecule has 0 radical (unpaired) electrons. The minimum Gasteiger partial charge on any atom is -0.396 e. The molecule has 1 aromatic heterocycles. The van der Waals surface area contributed by atoms with Crippen molar-refractivity contribution in [3.05, 3.63) is 30.1 Å². The minimum absolute atomic E-state index is 0.347. The second kappa shape index (κ2) is 12.7. The molecule has 1 rings (SSSR count). The molecule has 1 aromatic rings. The van der Waals surface area contributed by atoms with E-state index < -0.39 is 0 Å². The van der Waals surface area contributed by atoms with E-state index in [1.807, 2.05) is 18.3 Å². The Bertz CT molecular complexity index is 377. The van der Waals surface area contributed by atoms with Gasteiger partial charge in [-0.3, -0.25) is 4.98 Å². The summed E-state index contributed by atoms with van der Waals surface area (Å²) in [6.07, 6.45) is 15.8. The van der Waals surface area contributed by atoms with Crippen LogP contribution < -0.4 is 0 Å². The normalized spacial score (nSPS) is 10.1. The van der Waals surface area contributed by atoms with Crippen molar-refractivity contribution in [3.63, 3.8) is 0 Å². The Morgan fingerprint density at radius 2 is 1.55 bits per heavy atom. The van der Waals surface area contributed by atoms with Crippen LogP contribution in [-0.2, 0) is 0 Å². The van der Waals surface area contributed by atoms with E-state index in [9.17, 15) is 0 Å². The zero-order valence-electron chi connectivity index (χ0n) is 12.5. The number of aliphatic hydroxyl groups is 1. The third-order valence-corrected chi connectivity index (χ3v) is 3.35. The smallest absolute Gasteiger partial charge is 0.0431 e. The molecule has 0 unspecified atom stereocenters. The summed E-state index contributed by atoms with van der Waals surface area (Å²) in [6.45, 7) is 0.347. The molecule has 2 heteroatoms. The van der Waals surface area contributed by atoms with Gasteiger partial charge in [-0.05, 0) is 25.0 Å². The highest BCUT2D eigenvalue weighted by Gasteiger charge is 1.92. The first-order valence-corrected chi connectivity index (χ1v) is 7.93. The number of hydrogen-bond acceptors (Lipinski definition) is 2. The molecule has 110 valence electrons. The van der Waals surface area contributed by atoms with E-state index >= 15 is 0 Å². The van der Waals surface area contributed by atoms with Gasteiger partial charge in [0.15, 0.2) is 0 Å². The van der Waals surface area contributed by atoms with Crippen LogP contribution in [0.15, 0.2) is 24.5 Å². The van der Waals surface area contributed by atoms with Crippen LogP contribution in [0.5, 0.6) is 0 Å². The van der Waals surface area contributed by atoms with Crippen LogP contribution >= 0.6 is 0 Å². The number of aromatic nitrogens is 1. The number of unbranched alkanes of at least 4 members (excludes halogenated alkanes) is 9. The third kappa shape index (κ3) is 9.58. The van der Waals surface area contributed by atoms with Crippen LogP contribution in [0.3, 0.4) is 0 Å². The summed E-state index contributed by atoms with van der Waals surface area (Å²) < 4.78 is 0. The first-order valence-electron chi connectivity index (χ1n) is 7.93. The topological polar surface area (TPSA) is 33.1 Å². The fourth-order valence-corrected chi connectivity index (χ4v) is 2.16. The third-order valence-electron chi connectivity index (χ3n) is 3.35. The van der Waals surface area contributed by atoms with Crippen molar-refractivity contribution in [2.75, 3.05) is 6.61 Å². The number of aliphatic hydroxyl groups excluding tert-OH is 1. The molecule has 1 N–H and O–H groups in total. The van der Waals surface area contributed by atoms with Gasteiger partial charge in [0.2, 0.25) is 0 Å². The lowest BCUT2D eigenvalue weighted by molar-refractivity contribution is 0.282. The quantitative estimate of drug-likeness (QED) is 0.508. The molecule has 20 heavy (non-hydrogen) atoms. The van der Waals surface area contributed by atoms with E-state index in [0.717, 1.165) is 18.4 Å². The van der Waals surface area contributed by atoms with Crippen LogP contribution in [0.2, 0.25) is 0 Å². The van der Waals surface area contributed by atoms with Crippen LogP contribution in [0, 0.1) is 11.8 Å². The highest BCUT2D eigenvalue weighted by Crippen LogP contribution is 2.10. The van der Waals surface area contributed by atoms with Gasteiger partial charge in [0.05, 0.1) is 0 Å². The van der Waals surface area contributed by atoms with Gasteiger partial charge in [-0.15, -0.1) is 0 Å². The van der Waals surface area contributed by atoms with Crippen molar-refractivity contribution in [2.24, 2.45) is 0 Å². The molecule has 0 aromatic carbocycles. The minimum atomic E-state index is 0.347. The zero-order valence-corrected chi connectivity index (χ0v) is 12.5. The average molecular weight is 273 g/mol. The summed E-state index contributed by atoms with van der Waals surface area (Å²) >= 11 is 0. The molecular formula is C18H27NO. The lowest BCUT2D eigenvalue weighted by Crippen LogP contribution is -1.84. The van der Waals surface area contributed by atoms with Gasteiger partial charge in [-0.1, -0.05) is 56.8 Å². The molecule has 0 saturated carbocycles. The molecule has 0 aliphatic carbocycles. The van der Waals surface area contributed by atoms with Crippen molar-refractivity contribution in [2.45, 2.75) is 64.2 Å². The maximum Gasteiger partial charge on any atom is 0.0431 e. The Kier molecular flexibility index (Phi) is 10.6. The predicted molar refractivity (Wildman–Crippen MR) is 84.4 cm³/mol. The number of nitrogens with zero attached hydrogens (tertiary/aromatic N) is 1. The van der Waals surface area contributed by atoms with Crippen molar-refractivity contribution in [1.29, 1.82) is 0 Å². The first-order chi connectivity index (χ1) is 9.93. The highest BCUT2D eigenvalue weighted by atomic mass is 16.2. The monoisotopic (exact) mass is 273 g/mol. The lowest BCUT2D eigenvalue weighted by atomic mass is 10.1. The fourth-order valence-electron chi connectivity index (χ4n) is 2.16.